The number of alkyl halides is 3. The second-order valence-corrected chi connectivity index (χ2v) is 7.66. The predicted molar refractivity (Wildman–Crippen MR) is 106 cm³/mol. The van der Waals surface area contributed by atoms with Gasteiger partial charge in [-0.05, 0) is 43.5 Å². The van der Waals surface area contributed by atoms with Gasteiger partial charge in [0.2, 0.25) is 0 Å². The quantitative estimate of drug-likeness (QED) is 0.541. The van der Waals surface area contributed by atoms with Gasteiger partial charge in [0, 0.05) is 42.8 Å². The summed E-state index contributed by atoms with van der Waals surface area (Å²) in [6.07, 6.45) is 3.49. The van der Waals surface area contributed by atoms with Crippen molar-refractivity contribution in [2.75, 3.05) is 0 Å². The molecule has 160 valence electrons. The van der Waals surface area contributed by atoms with E-state index in [1.165, 1.54) is 7.05 Å². The first-order chi connectivity index (χ1) is 14.8. The van der Waals surface area contributed by atoms with E-state index in [9.17, 15) is 18.0 Å². The van der Waals surface area contributed by atoms with Gasteiger partial charge in [-0.15, -0.1) is 0 Å². The van der Waals surface area contributed by atoms with E-state index in [2.05, 4.69) is 15.5 Å². The van der Waals surface area contributed by atoms with Crippen LogP contribution in [0.5, 0.6) is 0 Å². The lowest BCUT2D eigenvalue weighted by Gasteiger charge is -2.22. The molecule has 31 heavy (non-hydrogen) atoms. The van der Waals surface area contributed by atoms with Crippen LogP contribution in [0, 0.1) is 0 Å². The fourth-order valence-corrected chi connectivity index (χ4v) is 4.03. The number of nitrogens with one attached hydrogen (secondary N) is 1. The topological polar surface area (TPSA) is 69.2 Å². The van der Waals surface area contributed by atoms with E-state index in [0.29, 0.717) is 6.42 Å². The molecule has 0 spiro atoms. The monoisotopic (exact) mass is 428 g/mol. The van der Waals surface area contributed by atoms with Crippen molar-refractivity contribution >= 4 is 11.4 Å². The maximum Gasteiger partial charge on any atom is 0.435 e. The summed E-state index contributed by atoms with van der Waals surface area (Å²) in [5, 5.41) is 11.0. The van der Waals surface area contributed by atoms with Crippen LogP contribution < -0.4 is 5.32 Å². The van der Waals surface area contributed by atoms with Crippen molar-refractivity contribution in [1.29, 1.82) is 0 Å². The average Bonchev–Trinajstić information content (AvgIpc) is 3.44. The van der Waals surface area contributed by atoms with E-state index in [4.69, 9.17) is 0 Å². The maximum absolute atomic E-state index is 12.9. The van der Waals surface area contributed by atoms with Crippen LogP contribution in [-0.4, -0.2) is 29.9 Å². The molecule has 0 aliphatic heterocycles. The standard InChI is InChI=1S/C21H19F3N6O/c1-28-18(11-19(27-28)21(22,23)24)20(31)25-16-5-2-6-17-15(16)12-30(26-17)14-7-9-29-8-3-4-13(29)10-14/h3-4,7-12,16H,2,5-6H2,1H3,(H,25,31)/t16-/m1/s1. The van der Waals surface area contributed by atoms with Crippen LogP contribution in [0.25, 0.3) is 11.2 Å². The summed E-state index contributed by atoms with van der Waals surface area (Å²) >= 11 is 0. The number of carbonyl (C=O) groups is 1. The molecule has 7 nitrogen and oxygen atoms in total. The molecule has 10 heteroatoms. The smallest absolute Gasteiger partial charge is 0.344 e. The number of aryl methyl sites for hydroxylation is 2. The number of halogens is 3. The van der Waals surface area contributed by atoms with Crippen LogP contribution in [0.15, 0.2) is 48.9 Å². The molecule has 4 aromatic heterocycles. The molecule has 0 fully saturated rings. The highest BCUT2D eigenvalue weighted by Crippen LogP contribution is 2.31. The highest BCUT2D eigenvalue weighted by atomic mass is 19.4. The highest BCUT2D eigenvalue weighted by molar-refractivity contribution is 5.93. The molecule has 0 unspecified atom stereocenters. The maximum atomic E-state index is 12.9. The second kappa shape index (κ2) is 7.00. The molecule has 4 heterocycles. The lowest BCUT2D eigenvalue weighted by Crippen LogP contribution is -2.31. The summed E-state index contributed by atoms with van der Waals surface area (Å²) < 4.78 is 43.5. The molecule has 1 N–H and O–H groups in total. The van der Waals surface area contributed by atoms with Crippen LogP contribution in [-0.2, 0) is 19.6 Å². The molecule has 5 rings (SSSR count). The summed E-state index contributed by atoms with van der Waals surface area (Å²) in [6, 6.07) is 8.37. The van der Waals surface area contributed by atoms with Crippen LogP contribution in [0.2, 0.25) is 0 Å². The zero-order chi connectivity index (χ0) is 21.8. The van der Waals surface area contributed by atoms with E-state index in [-0.39, 0.29) is 11.7 Å². The third-order valence-corrected chi connectivity index (χ3v) is 5.59. The summed E-state index contributed by atoms with van der Waals surface area (Å²) in [7, 11) is 1.33. The SMILES string of the molecule is Cn1nc(C(F)(F)F)cc1C(=O)N[C@@H]1CCCc2nn(-c3ccn4cccc4c3)cc21. The Kier molecular flexibility index (Phi) is 4.38. The minimum absolute atomic E-state index is 0.134. The minimum Gasteiger partial charge on any atom is -0.344 e. The molecular weight excluding hydrogens is 409 g/mol. The number of hydrogen-bond donors (Lipinski definition) is 1. The lowest BCUT2D eigenvalue weighted by atomic mass is 9.93. The number of amides is 1. The van der Waals surface area contributed by atoms with Crippen LogP contribution in [0.3, 0.4) is 0 Å². The Morgan fingerprint density at radius 2 is 2.03 bits per heavy atom. The molecular formula is C21H19F3N6O. The van der Waals surface area contributed by atoms with Crippen molar-refractivity contribution in [1.82, 2.24) is 29.3 Å². The highest BCUT2D eigenvalue weighted by Gasteiger charge is 2.36. The third kappa shape index (κ3) is 3.47. The van der Waals surface area contributed by atoms with Gasteiger partial charge in [-0.25, -0.2) is 4.68 Å². The Morgan fingerprint density at radius 3 is 2.81 bits per heavy atom. The zero-order valence-corrected chi connectivity index (χ0v) is 16.6. The van der Waals surface area contributed by atoms with Gasteiger partial charge in [0.05, 0.1) is 17.4 Å². The van der Waals surface area contributed by atoms with Gasteiger partial charge in [0.15, 0.2) is 5.69 Å². The number of carbonyl (C=O) groups excluding carboxylic acids is 1. The number of aromatic nitrogens is 5. The van der Waals surface area contributed by atoms with E-state index in [1.54, 1.807) is 4.68 Å². The molecule has 1 atom stereocenters. The van der Waals surface area contributed by atoms with Gasteiger partial charge in [-0.2, -0.15) is 23.4 Å². The lowest BCUT2D eigenvalue weighted by molar-refractivity contribution is -0.141. The molecule has 4 aromatic rings. The Bertz CT molecular complexity index is 1280. The van der Waals surface area contributed by atoms with E-state index < -0.39 is 17.8 Å². The molecule has 1 amide bonds. The summed E-state index contributed by atoms with van der Waals surface area (Å²) in [5.74, 6) is -0.592. The van der Waals surface area contributed by atoms with Crippen molar-refractivity contribution in [2.24, 2.45) is 7.05 Å². The average molecular weight is 428 g/mol. The largest absolute Gasteiger partial charge is 0.435 e. The molecule has 0 bridgehead atoms. The van der Waals surface area contributed by atoms with Crippen LogP contribution in [0.1, 0.15) is 46.3 Å². The van der Waals surface area contributed by atoms with Gasteiger partial charge in [-0.1, -0.05) is 0 Å². The van der Waals surface area contributed by atoms with E-state index in [0.717, 1.165) is 46.1 Å². The summed E-state index contributed by atoms with van der Waals surface area (Å²) in [5.41, 5.74) is 2.48. The molecule has 1 aliphatic rings. The van der Waals surface area contributed by atoms with Crippen molar-refractivity contribution < 1.29 is 18.0 Å². The summed E-state index contributed by atoms with van der Waals surface area (Å²) in [6.45, 7) is 0. The third-order valence-electron chi connectivity index (χ3n) is 5.59. The van der Waals surface area contributed by atoms with Crippen molar-refractivity contribution in [3.8, 4) is 5.69 Å². The van der Waals surface area contributed by atoms with Gasteiger partial charge in [0.25, 0.3) is 5.91 Å². The predicted octanol–water partition coefficient (Wildman–Crippen LogP) is 3.68. The van der Waals surface area contributed by atoms with Crippen molar-refractivity contribution in [2.45, 2.75) is 31.5 Å². The van der Waals surface area contributed by atoms with Crippen molar-refractivity contribution in [3.05, 3.63) is 71.6 Å². The van der Waals surface area contributed by atoms with Gasteiger partial charge >= 0.3 is 6.18 Å². The molecule has 0 aromatic carbocycles. The Hall–Kier alpha value is -3.56. The minimum atomic E-state index is -4.60. The number of rotatable bonds is 3. The van der Waals surface area contributed by atoms with Gasteiger partial charge in [-0.3, -0.25) is 9.48 Å². The Morgan fingerprint density at radius 1 is 1.19 bits per heavy atom. The number of hydrogen-bond acceptors (Lipinski definition) is 3. The van der Waals surface area contributed by atoms with E-state index >= 15 is 0 Å². The molecule has 0 saturated carbocycles. The fourth-order valence-electron chi connectivity index (χ4n) is 4.03. The molecule has 0 radical (unpaired) electrons. The second-order valence-electron chi connectivity index (χ2n) is 7.66. The van der Waals surface area contributed by atoms with Crippen LogP contribution >= 0.6 is 0 Å². The van der Waals surface area contributed by atoms with Gasteiger partial charge < -0.3 is 9.72 Å². The van der Waals surface area contributed by atoms with Crippen molar-refractivity contribution in [3.63, 3.8) is 0 Å². The summed E-state index contributed by atoms with van der Waals surface area (Å²) in [4.78, 5) is 12.7. The van der Waals surface area contributed by atoms with E-state index in [1.807, 2.05) is 47.3 Å². The van der Waals surface area contributed by atoms with Crippen LogP contribution in [0.4, 0.5) is 13.2 Å². The molecule has 0 saturated heterocycles. The first-order valence-corrected chi connectivity index (χ1v) is 9.87. The number of nitrogens with zero attached hydrogens (tertiary/aromatic N) is 5. The fraction of sp³-hybridized carbons (Fsp3) is 0.286. The first kappa shape index (κ1) is 19.4. The molecule has 1 aliphatic carbocycles. The Labute approximate surface area is 175 Å². The zero-order valence-electron chi connectivity index (χ0n) is 16.6. The number of pyridine rings is 1. The normalized spacial score (nSPS) is 16.5. The Balaban J connectivity index is 1.42. The first-order valence-electron chi connectivity index (χ1n) is 9.87. The van der Waals surface area contributed by atoms with Gasteiger partial charge in [0.1, 0.15) is 5.69 Å². The number of fused-ring (bicyclic) bond motifs is 2.